The van der Waals surface area contributed by atoms with Gasteiger partial charge in [0.1, 0.15) is 5.82 Å². The van der Waals surface area contributed by atoms with Gasteiger partial charge in [0.25, 0.3) is 0 Å². The third kappa shape index (κ3) is 9.88. The minimum atomic E-state index is -1.82. The molecule has 1 aromatic heterocycles. The van der Waals surface area contributed by atoms with Crippen molar-refractivity contribution in [1.29, 1.82) is 0 Å². The number of unbranched alkanes of at least 4 members (excludes halogenated alkanes) is 6. The molecular weight excluding hydrogens is 615 g/mol. The number of urea groups is 1. The van der Waals surface area contributed by atoms with Crippen molar-refractivity contribution in [3.63, 3.8) is 0 Å². The Kier molecular flexibility index (Phi) is 13.5. The summed E-state index contributed by atoms with van der Waals surface area (Å²) in [7, 11) is 0. The lowest BCUT2D eigenvalue weighted by Gasteiger charge is -2.34. The highest BCUT2D eigenvalue weighted by atomic mass is 19.1. The Morgan fingerprint density at radius 2 is 1.48 bits per heavy atom. The Morgan fingerprint density at radius 1 is 0.833 bits per heavy atom. The fourth-order valence-corrected chi connectivity index (χ4v) is 6.60. The van der Waals surface area contributed by atoms with E-state index in [1.54, 1.807) is 0 Å². The maximum Gasteiger partial charge on any atom is 0.414 e. The van der Waals surface area contributed by atoms with Crippen LogP contribution in [-0.2, 0) is 14.4 Å². The third-order valence-corrected chi connectivity index (χ3v) is 9.35. The number of fused-ring (bicyclic) bond motifs is 1. The van der Waals surface area contributed by atoms with E-state index in [0.29, 0.717) is 32.1 Å². The van der Waals surface area contributed by atoms with E-state index >= 15 is 0 Å². The van der Waals surface area contributed by atoms with Gasteiger partial charge in [-0.05, 0) is 56.0 Å². The molecule has 0 radical (unpaired) electrons. The fourth-order valence-electron chi connectivity index (χ4n) is 6.60. The zero-order valence-electron chi connectivity index (χ0n) is 28.2. The van der Waals surface area contributed by atoms with Gasteiger partial charge in [0, 0.05) is 74.4 Å². The van der Waals surface area contributed by atoms with E-state index in [9.17, 15) is 14.0 Å². The summed E-state index contributed by atoms with van der Waals surface area (Å²) in [6.07, 6.45) is 13.0. The number of amides is 3. The zero-order chi connectivity index (χ0) is 34.6. The molecule has 0 atom stereocenters. The molecule has 0 saturated carbocycles. The van der Waals surface area contributed by atoms with Crippen molar-refractivity contribution in [2.45, 2.75) is 84.1 Å². The van der Waals surface area contributed by atoms with Crippen LogP contribution in [0.1, 0.15) is 82.7 Å². The molecule has 10 nitrogen and oxygen atoms in total. The summed E-state index contributed by atoms with van der Waals surface area (Å²) < 4.78 is 16.0. The first kappa shape index (κ1) is 36.6. The van der Waals surface area contributed by atoms with E-state index in [2.05, 4.69) is 47.7 Å². The molecule has 48 heavy (non-hydrogen) atoms. The van der Waals surface area contributed by atoms with Gasteiger partial charge in [0.15, 0.2) is 0 Å². The molecule has 3 aromatic rings. The van der Waals surface area contributed by atoms with Gasteiger partial charge >= 0.3 is 18.0 Å². The molecule has 2 aliphatic rings. The van der Waals surface area contributed by atoms with E-state index in [4.69, 9.17) is 19.8 Å². The van der Waals surface area contributed by atoms with E-state index < -0.39 is 11.9 Å². The molecule has 260 valence electrons. The third-order valence-electron chi connectivity index (χ3n) is 9.35. The summed E-state index contributed by atoms with van der Waals surface area (Å²) >= 11 is 0. The second kappa shape index (κ2) is 17.8. The van der Waals surface area contributed by atoms with Gasteiger partial charge in [-0.2, -0.15) is 0 Å². The monoisotopic (exact) mass is 664 g/mol. The summed E-state index contributed by atoms with van der Waals surface area (Å²) in [5.74, 6) is -3.87. The smallest absolute Gasteiger partial charge is 0.414 e. The first-order chi connectivity index (χ1) is 23.1. The van der Waals surface area contributed by atoms with Crippen molar-refractivity contribution < 1.29 is 33.8 Å². The number of likely N-dealkylation sites (tertiary alicyclic amines) is 1. The van der Waals surface area contributed by atoms with Crippen LogP contribution in [0.15, 0.2) is 48.7 Å². The van der Waals surface area contributed by atoms with Crippen LogP contribution in [0.25, 0.3) is 22.0 Å². The van der Waals surface area contributed by atoms with Crippen LogP contribution in [0.4, 0.5) is 9.18 Å². The Balaban J connectivity index is 0.000000794. The molecule has 3 heterocycles. The highest BCUT2D eigenvalue weighted by Crippen LogP contribution is 2.36. The van der Waals surface area contributed by atoms with Gasteiger partial charge in [-0.15, -0.1) is 0 Å². The zero-order valence-corrected chi connectivity index (χ0v) is 28.2. The average Bonchev–Trinajstić information content (AvgIpc) is 3.64. The van der Waals surface area contributed by atoms with Crippen molar-refractivity contribution in [2.75, 3.05) is 39.3 Å². The molecule has 2 saturated heterocycles. The van der Waals surface area contributed by atoms with E-state index in [-0.39, 0.29) is 17.8 Å². The van der Waals surface area contributed by atoms with E-state index in [0.717, 1.165) is 56.4 Å². The second-order valence-corrected chi connectivity index (χ2v) is 12.8. The number of carbonyl (C=O) groups excluding carboxylic acids is 2. The molecule has 5 rings (SSSR count). The minimum Gasteiger partial charge on any atom is -0.473 e. The lowest BCUT2D eigenvalue weighted by Crippen LogP contribution is -2.42. The summed E-state index contributed by atoms with van der Waals surface area (Å²) in [6, 6.07) is 13.7. The summed E-state index contributed by atoms with van der Waals surface area (Å²) in [6.45, 7) is 8.95. The Morgan fingerprint density at radius 3 is 2.12 bits per heavy atom. The Bertz CT molecular complexity index is 1540. The number of benzene rings is 2. The van der Waals surface area contributed by atoms with Crippen molar-refractivity contribution in [2.24, 2.45) is 0 Å². The molecule has 2 aliphatic heterocycles. The molecule has 3 amide bonds. The van der Waals surface area contributed by atoms with Gasteiger partial charge in [-0.1, -0.05) is 69.2 Å². The molecule has 11 heteroatoms. The number of piperidine rings is 1. The molecule has 0 bridgehead atoms. The van der Waals surface area contributed by atoms with Gasteiger partial charge in [0.2, 0.25) is 5.91 Å². The molecule has 0 unspecified atom stereocenters. The SMILES string of the molecule is CCCCCCCCCC(=O)N1CCN(CCN2CCC(n3cc(-c4ccc(F)cc4)c4cc(C)ccc43)CC2)C1=O.O=C(O)C(=O)O. The number of imide groups is 1. The summed E-state index contributed by atoms with van der Waals surface area (Å²) in [5, 5.41) is 16.0. The van der Waals surface area contributed by atoms with Crippen LogP contribution >= 0.6 is 0 Å². The van der Waals surface area contributed by atoms with Gasteiger partial charge in [-0.3, -0.25) is 9.69 Å². The topological polar surface area (TPSA) is 123 Å². The Labute approximate surface area is 282 Å². The number of aliphatic carboxylic acids is 2. The van der Waals surface area contributed by atoms with Crippen LogP contribution in [0.2, 0.25) is 0 Å². The van der Waals surface area contributed by atoms with Crippen molar-refractivity contribution in [3.05, 3.63) is 60.0 Å². The molecular formula is C37H49FN4O6. The first-order valence-corrected chi connectivity index (χ1v) is 17.2. The number of nitrogens with zero attached hydrogens (tertiary/aromatic N) is 4. The predicted octanol–water partition coefficient (Wildman–Crippen LogP) is 6.95. The second-order valence-electron chi connectivity index (χ2n) is 12.8. The number of aryl methyl sites for hydroxylation is 1. The van der Waals surface area contributed by atoms with Crippen LogP contribution in [0.5, 0.6) is 0 Å². The first-order valence-electron chi connectivity index (χ1n) is 17.2. The number of hydrogen-bond donors (Lipinski definition) is 2. The van der Waals surface area contributed by atoms with Crippen LogP contribution in [-0.4, -0.2) is 92.6 Å². The van der Waals surface area contributed by atoms with Gasteiger partial charge < -0.3 is 24.6 Å². The van der Waals surface area contributed by atoms with E-state index in [1.165, 1.54) is 65.6 Å². The van der Waals surface area contributed by atoms with E-state index in [1.807, 2.05) is 17.0 Å². The van der Waals surface area contributed by atoms with Crippen LogP contribution in [0.3, 0.4) is 0 Å². The van der Waals surface area contributed by atoms with Gasteiger partial charge in [-0.25, -0.2) is 18.8 Å². The average molecular weight is 665 g/mol. The molecule has 2 N–H and O–H groups in total. The number of halogens is 1. The van der Waals surface area contributed by atoms with Crippen LogP contribution < -0.4 is 0 Å². The number of hydrogen-bond acceptors (Lipinski definition) is 5. The molecule has 0 aliphatic carbocycles. The van der Waals surface area contributed by atoms with Crippen molar-refractivity contribution >= 4 is 34.8 Å². The predicted molar refractivity (Wildman–Crippen MR) is 183 cm³/mol. The quantitative estimate of drug-likeness (QED) is 0.150. The lowest BCUT2D eigenvalue weighted by atomic mass is 10.0. The number of carboxylic acids is 2. The normalized spacial score (nSPS) is 15.5. The number of carboxylic acid groups (broad SMARTS) is 2. The molecule has 0 spiro atoms. The number of aromatic nitrogens is 1. The maximum atomic E-state index is 13.6. The lowest BCUT2D eigenvalue weighted by molar-refractivity contribution is -0.159. The Hall–Kier alpha value is -4.25. The molecule has 2 fully saturated rings. The fraction of sp³-hybridized carbons (Fsp3) is 0.514. The van der Waals surface area contributed by atoms with Gasteiger partial charge in [0.05, 0.1) is 0 Å². The highest BCUT2D eigenvalue weighted by molar-refractivity contribution is 6.27. The number of rotatable bonds is 13. The van der Waals surface area contributed by atoms with Crippen molar-refractivity contribution in [1.82, 2.24) is 19.3 Å². The summed E-state index contributed by atoms with van der Waals surface area (Å²) in [4.78, 5) is 49.6. The highest BCUT2D eigenvalue weighted by Gasteiger charge is 2.33. The summed E-state index contributed by atoms with van der Waals surface area (Å²) in [5.41, 5.74) is 4.62. The molecule has 2 aromatic carbocycles. The standard InChI is InChI=1S/C35H47FN4O2.C2H2O4/c1-3-4-5-6-7-8-9-10-34(41)39-24-23-38(35(39)42)22-21-37-19-17-30(18-20-37)40-26-32(28-12-14-29(36)15-13-28)31-25-27(2)11-16-33(31)40;3-1(4)2(5)6/h11-16,25-26,30H,3-10,17-24H2,1-2H3;(H,3,4)(H,5,6). The van der Waals surface area contributed by atoms with Crippen LogP contribution in [0, 0.1) is 12.7 Å². The maximum absolute atomic E-state index is 13.6. The van der Waals surface area contributed by atoms with Crippen molar-refractivity contribution in [3.8, 4) is 11.1 Å². The number of carbonyl (C=O) groups is 4. The minimum absolute atomic E-state index is 0.00831. The largest absolute Gasteiger partial charge is 0.473 e.